The highest BCUT2D eigenvalue weighted by molar-refractivity contribution is 7.98. The molecule has 0 aromatic carbocycles. The summed E-state index contributed by atoms with van der Waals surface area (Å²) in [5.41, 5.74) is -0.783. The minimum absolute atomic E-state index is 0.260. The van der Waals surface area contributed by atoms with Crippen LogP contribution in [0, 0.1) is 23.5 Å². The average Bonchev–Trinajstić information content (AvgIpc) is 2.39. The van der Waals surface area contributed by atoms with Crippen molar-refractivity contribution < 1.29 is 17.6 Å². The summed E-state index contributed by atoms with van der Waals surface area (Å²) in [4.78, 5) is 2.49. The molecule has 0 aliphatic rings. The van der Waals surface area contributed by atoms with Crippen molar-refractivity contribution >= 4 is 17.4 Å². The van der Waals surface area contributed by atoms with Crippen molar-refractivity contribution in [1.82, 2.24) is 4.98 Å². The number of hydrogen-bond donors (Lipinski definition) is 1. The summed E-state index contributed by atoms with van der Waals surface area (Å²) in [5.74, 6) is -5.16. The lowest BCUT2D eigenvalue weighted by Gasteiger charge is -2.09. The molecule has 0 aliphatic heterocycles. The maximum Gasteiger partial charge on any atom is 0.253 e. The maximum atomic E-state index is 13.2. The topological polar surface area (TPSA) is 24.9 Å². The fourth-order valence-electron chi connectivity index (χ4n) is 1.58. The summed E-state index contributed by atoms with van der Waals surface area (Å²) in [6.45, 7) is 0.260. The van der Waals surface area contributed by atoms with Crippen LogP contribution in [0.5, 0.6) is 0 Å². The Morgan fingerprint density at radius 1 is 0.947 bits per heavy atom. The molecule has 0 bridgehead atoms. The highest BCUT2D eigenvalue weighted by Gasteiger charge is 2.19. The Morgan fingerprint density at radius 3 is 2.11 bits per heavy atom. The first kappa shape index (κ1) is 16.1. The standard InChI is InChI=1S/C12H16F4N2S/c1-19-7-5-3-2-4-6-17-10-8(13)11(15)18-12(16)9(10)14/h2-7H2,1H3,(H,17,18). The molecule has 0 atom stereocenters. The van der Waals surface area contributed by atoms with Gasteiger partial charge in [0.1, 0.15) is 5.69 Å². The number of hydrogen-bond acceptors (Lipinski definition) is 3. The van der Waals surface area contributed by atoms with E-state index in [0.29, 0.717) is 6.42 Å². The largest absolute Gasteiger partial charge is 0.380 e. The Balaban J connectivity index is 2.41. The van der Waals surface area contributed by atoms with Gasteiger partial charge < -0.3 is 5.32 Å². The number of pyridine rings is 1. The van der Waals surface area contributed by atoms with E-state index in [-0.39, 0.29) is 6.54 Å². The fourth-order valence-corrected chi connectivity index (χ4v) is 2.07. The second kappa shape index (κ2) is 8.24. The van der Waals surface area contributed by atoms with Crippen LogP contribution in [0.3, 0.4) is 0 Å². The molecule has 1 aromatic heterocycles. The summed E-state index contributed by atoms with van der Waals surface area (Å²) < 4.78 is 52.0. The molecule has 108 valence electrons. The van der Waals surface area contributed by atoms with Gasteiger partial charge in [-0.25, -0.2) is 0 Å². The Kier molecular flexibility index (Phi) is 6.97. The zero-order valence-electron chi connectivity index (χ0n) is 10.6. The van der Waals surface area contributed by atoms with Crippen molar-refractivity contribution in [3.8, 4) is 0 Å². The third-order valence-electron chi connectivity index (χ3n) is 2.57. The van der Waals surface area contributed by atoms with Crippen LogP contribution in [0.4, 0.5) is 23.2 Å². The van der Waals surface area contributed by atoms with E-state index in [0.717, 1.165) is 25.0 Å². The molecule has 0 amide bonds. The molecule has 0 saturated heterocycles. The van der Waals surface area contributed by atoms with Crippen LogP contribution in [0.2, 0.25) is 0 Å². The number of thioether (sulfide) groups is 1. The summed E-state index contributed by atoms with van der Waals surface area (Å²) in [6.07, 6.45) is 5.71. The minimum atomic E-state index is -1.64. The highest BCUT2D eigenvalue weighted by atomic mass is 32.2. The second-order valence-electron chi connectivity index (χ2n) is 4.03. The van der Waals surface area contributed by atoms with Crippen LogP contribution in [0.15, 0.2) is 0 Å². The fraction of sp³-hybridized carbons (Fsp3) is 0.583. The predicted molar refractivity (Wildman–Crippen MR) is 69.4 cm³/mol. The molecular weight excluding hydrogens is 280 g/mol. The van der Waals surface area contributed by atoms with Crippen LogP contribution in [-0.2, 0) is 0 Å². The van der Waals surface area contributed by atoms with Gasteiger partial charge in [-0.3, -0.25) is 0 Å². The van der Waals surface area contributed by atoms with E-state index in [9.17, 15) is 17.6 Å². The molecule has 2 nitrogen and oxygen atoms in total. The van der Waals surface area contributed by atoms with Gasteiger partial charge in [-0.05, 0) is 24.9 Å². The molecule has 0 unspecified atom stereocenters. The summed E-state index contributed by atoms with van der Waals surface area (Å²) in [6, 6.07) is 0. The molecule has 1 N–H and O–H groups in total. The number of rotatable bonds is 8. The maximum absolute atomic E-state index is 13.2. The Hall–Kier alpha value is -0.980. The summed E-state index contributed by atoms with van der Waals surface area (Å²) in [5, 5.41) is 2.38. The lowest BCUT2D eigenvalue weighted by molar-refractivity contribution is 0.410. The van der Waals surface area contributed by atoms with Gasteiger partial charge in [-0.2, -0.15) is 34.3 Å². The van der Waals surface area contributed by atoms with Gasteiger partial charge in [0.15, 0.2) is 0 Å². The predicted octanol–water partition coefficient (Wildman–Crippen LogP) is 3.97. The first-order valence-corrected chi connectivity index (χ1v) is 7.40. The van der Waals surface area contributed by atoms with Crippen LogP contribution < -0.4 is 5.32 Å². The van der Waals surface area contributed by atoms with Crippen molar-refractivity contribution in [2.45, 2.75) is 25.7 Å². The van der Waals surface area contributed by atoms with E-state index in [4.69, 9.17) is 0 Å². The zero-order chi connectivity index (χ0) is 14.3. The van der Waals surface area contributed by atoms with Gasteiger partial charge in [-0.15, -0.1) is 0 Å². The quantitative estimate of drug-likeness (QED) is 0.446. The molecule has 19 heavy (non-hydrogen) atoms. The van der Waals surface area contributed by atoms with Crippen LogP contribution in [0.1, 0.15) is 25.7 Å². The smallest absolute Gasteiger partial charge is 0.253 e. The SMILES string of the molecule is CSCCCCCCNc1c(F)c(F)nc(F)c1F. The van der Waals surface area contributed by atoms with Gasteiger partial charge in [0.2, 0.25) is 11.6 Å². The van der Waals surface area contributed by atoms with Gasteiger partial charge in [0.25, 0.3) is 11.9 Å². The molecule has 0 aliphatic carbocycles. The van der Waals surface area contributed by atoms with E-state index < -0.39 is 29.2 Å². The minimum Gasteiger partial charge on any atom is -0.380 e. The summed E-state index contributed by atoms with van der Waals surface area (Å²) >= 11 is 1.76. The molecule has 1 heterocycles. The van der Waals surface area contributed by atoms with E-state index >= 15 is 0 Å². The number of aromatic nitrogens is 1. The van der Waals surface area contributed by atoms with Gasteiger partial charge >= 0.3 is 0 Å². The van der Waals surface area contributed by atoms with E-state index in [1.807, 2.05) is 6.26 Å². The first-order valence-electron chi connectivity index (χ1n) is 6.00. The monoisotopic (exact) mass is 296 g/mol. The van der Waals surface area contributed by atoms with Crippen LogP contribution >= 0.6 is 11.8 Å². The molecule has 0 saturated carbocycles. The highest BCUT2D eigenvalue weighted by Crippen LogP contribution is 2.21. The van der Waals surface area contributed by atoms with Gasteiger partial charge in [0, 0.05) is 6.54 Å². The third kappa shape index (κ3) is 4.89. The van der Waals surface area contributed by atoms with Crippen LogP contribution in [-0.4, -0.2) is 23.5 Å². The number of anilines is 1. The molecule has 7 heteroatoms. The third-order valence-corrected chi connectivity index (χ3v) is 3.27. The Bertz CT molecular complexity index is 389. The van der Waals surface area contributed by atoms with E-state index in [1.165, 1.54) is 0 Å². The van der Waals surface area contributed by atoms with Gasteiger partial charge in [0.05, 0.1) is 0 Å². The normalized spacial score (nSPS) is 10.8. The Morgan fingerprint density at radius 2 is 1.53 bits per heavy atom. The molecule has 0 spiro atoms. The number of unbranched alkanes of at least 4 members (excludes halogenated alkanes) is 3. The molecule has 1 rings (SSSR count). The zero-order valence-corrected chi connectivity index (χ0v) is 11.4. The number of nitrogens with zero attached hydrogens (tertiary/aromatic N) is 1. The van der Waals surface area contributed by atoms with Gasteiger partial charge in [-0.1, -0.05) is 12.8 Å². The van der Waals surface area contributed by atoms with E-state index in [1.54, 1.807) is 11.8 Å². The number of halogens is 4. The molecule has 1 aromatic rings. The summed E-state index contributed by atoms with van der Waals surface area (Å²) in [7, 11) is 0. The van der Waals surface area contributed by atoms with Crippen molar-refractivity contribution in [1.29, 1.82) is 0 Å². The lowest BCUT2D eigenvalue weighted by atomic mass is 10.2. The molecule has 0 radical (unpaired) electrons. The van der Waals surface area contributed by atoms with Crippen molar-refractivity contribution in [3.05, 3.63) is 23.5 Å². The van der Waals surface area contributed by atoms with Crippen molar-refractivity contribution in [3.63, 3.8) is 0 Å². The van der Waals surface area contributed by atoms with Crippen molar-refractivity contribution in [2.75, 3.05) is 23.9 Å². The second-order valence-corrected chi connectivity index (χ2v) is 5.02. The number of nitrogens with one attached hydrogen (secondary N) is 1. The van der Waals surface area contributed by atoms with E-state index in [2.05, 4.69) is 10.3 Å². The van der Waals surface area contributed by atoms with Crippen molar-refractivity contribution in [2.24, 2.45) is 0 Å². The lowest BCUT2D eigenvalue weighted by Crippen LogP contribution is -2.10. The molecule has 0 fully saturated rings. The average molecular weight is 296 g/mol. The first-order chi connectivity index (χ1) is 9.07. The van der Waals surface area contributed by atoms with Crippen LogP contribution in [0.25, 0.3) is 0 Å². The molecular formula is C12H16F4N2S. The Labute approximate surface area is 114 Å².